The van der Waals surface area contributed by atoms with Crippen LogP contribution in [0.2, 0.25) is 5.02 Å². The molecule has 1 aromatic carbocycles. The molecule has 0 aliphatic carbocycles. The van der Waals surface area contributed by atoms with Crippen molar-refractivity contribution in [2.45, 2.75) is 38.5 Å². The van der Waals surface area contributed by atoms with Crippen molar-refractivity contribution in [1.82, 2.24) is 4.90 Å². The summed E-state index contributed by atoms with van der Waals surface area (Å²) in [6.45, 7) is 2.72. The van der Waals surface area contributed by atoms with Crippen LogP contribution in [0.25, 0.3) is 0 Å². The van der Waals surface area contributed by atoms with E-state index in [1.165, 1.54) is 6.07 Å². The maximum absolute atomic E-state index is 12.8. The van der Waals surface area contributed by atoms with Crippen molar-refractivity contribution in [2.24, 2.45) is 5.92 Å². The van der Waals surface area contributed by atoms with Gasteiger partial charge in [-0.3, -0.25) is 9.69 Å². The monoisotopic (exact) mass is 335 g/mol. The van der Waals surface area contributed by atoms with E-state index in [-0.39, 0.29) is 17.6 Å². The highest BCUT2D eigenvalue weighted by molar-refractivity contribution is 6.30. The van der Waals surface area contributed by atoms with E-state index in [0.717, 1.165) is 12.1 Å². The number of carbonyl (C=O) groups is 1. The third kappa shape index (κ3) is 3.93. The Bertz CT molecular complexity index is 562. The Kier molecular flexibility index (Phi) is 5.02. The molecule has 22 heavy (non-hydrogen) atoms. The third-order valence-corrected chi connectivity index (χ3v) is 4.32. The standard InChI is InChI=1S/C15H17ClF3NO2/c1-9-13(14(21)22)3-2-4-20(9)8-10-5-11(15(17,18)19)7-12(16)6-10/h5-7,9,13H,2-4,8H2,1H3,(H,21,22)/t9-,13-/m1/s1. The largest absolute Gasteiger partial charge is 0.481 e. The highest BCUT2D eigenvalue weighted by Crippen LogP contribution is 2.33. The number of benzene rings is 1. The lowest BCUT2D eigenvalue weighted by Crippen LogP contribution is -2.45. The van der Waals surface area contributed by atoms with Crippen LogP contribution in [0.4, 0.5) is 13.2 Å². The first-order chi connectivity index (χ1) is 10.2. The molecule has 0 amide bonds. The van der Waals surface area contributed by atoms with Gasteiger partial charge in [0, 0.05) is 17.6 Å². The van der Waals surface area contributed by atoms with Crippen LogP contribution in [0.1, 0.15) is 30.9 Å². The van der Waals surface area contributed by atoms with Gasteiger partial charge in [0.2, 0.25) is 0 Å². The molecule has 0 saturated carbocycles. The highest BCUT2D eigenvalue weighted by atomic mass is 35.5. The Morgan fingerprint density at radius 1 is 1.41 bits per heavy atom. The van der Waals surface area contributed by atoms with Crippen molar-refractivity contribution in [3.05, 3.63) is 34.3 Å². The van der Waals surface area contributed by atoms with Crippen LogP contribution in [-0.4, -0.2) is 28.6 Å². The van der Waals surface area contributed by atoms with E-state index in [0.29, 0.717) is 24.9 Å². The fraction of sp³-hybridized carbons (Fsp3) is 0.533. The van der Waals surface area contributed by atoms with Gasteiger partial charge >= 0.3 is 12.1 Å². The number of carboxylic acids is 1. The van der Waals surface area contributed by atoms with E-state index in [1.54, 1.807) is 6.92 Å². The van der Waals surface area contributed by atoms with Crippen LogP contribution in [0, 0.1) is 5.92 Å². The number of alkyl halides is 3. The van der Waals surface area contributed by atoms with E-state index in [4.69, 9.17) is 11.6 Å². The number of hydrogen-bond acceptors (Lipinski definition) is 2. The summed E-state index contributed by atoms with van der Waals surface area (Å²) in [5.74, 6) is -1.35. The topological polar surface area (TPSA) is 40.5 Å². The zero-order valence-electron chi connectivity index (χ0n) is 12.0. The molecule has 7 heteroatoms. The molecule has 1 aliphatic heterocycles. The van der Waals surface area contributed by atoms with Crippen molar-refractivity contribution < 1.29 is 23.1 Å². The molecule has 1 saturated heterocycles. The summed E-state index contributed by atoms with van der Waals surface area (Å²) in [6, 6.07) is 3.24. The summed E-state index contributed by atoms with van der Waals surface area (Å²) in [4.78, 5) is 13.1. The van der Waals surface area contributed by atoms with Crippen molar-refractivity contribution in [2.75, 3.05) is 6.54 Å². The predicted molar refractivity (Wildman–Crippen MR) is 76.7 cm³/mol. The second kappa shape index (κ2) is 6.46. The average Bonchev–Trinajstić information content (AvgIpc) is 2.39. The van der Waals surface area contributed by atoms with Gasteiger partial charge in [0.25, 0.3) is 0 Å². The Morgan fingerprint density at radius 3 is 2.68 bits per heavy atom. The van der Waals surface area contributed by atoms with E-state index in [1.807, 2.05) is 4.90 Å². The van der Waals surface area contributed by atoms with E-state index in [9.17, 15) is 23.1 Å². The SMILES string of the molecule is C[C@@H]1[C@H](C(=O)O)CCCN1Cc1cc(Cl)cc(C(F)(F)F)c1. The maximum atomic E-state index is 12.8. The second-order valence-electron chi connectivity index (χ2n) is 5.64. The summed E-state index contributed by atoms with van der Waals surface area (Å²) < 4.78 is 38.5. The lowest BCUT2D eigenvalue weighted by molar-refractivity contribution is -0.145. The van der Waals surface area contributed by atoms with Gasteiger partial charge in [-0.15, -0.1) is 0 Å². The quantitative estimate of drug-likeness (QED) is 0.906. The molecule has 1 fully saturated rings. The number of rotatable bonds is 3. The van der Waals surface area contributed by atoms with Gasteiger partial charge in [-0.2, -0.15) is 13.2 Å². The molecule has 0 bridgehead atoms. The number of piperidine rings is 1. The molecule has 0 aromatic heterocycles. The number of hydrogen-bond donors (Lipinski definition) is 1. The number of carboxylic acid groups (broad SMARTS) is 1. The number of halogens is 4. The van der Waals surface area contributed by atoms with Gasteiger partial charge in [0.05, 0.1) is 11.5 Å². The minimum Gasteiger partial charge on any atom is -0.481 e. The van der Waals surface area contributed by atoms with Crippen LogP contribution in [0.15, 0.2) is 18.2 Å². The smallest absolute Gasteiger partial charge is 0.416 e. The third-order valence-electron chi connectivity index (χ3n) is 4.11. The minimum atomic E-state index is -4.45. The molecule has 1 aromatic rings. The first kappa shape index (κ1) is 17.1. The minimum absolute atomic E-state index is 0.0317. The first-order valence-electron chi connectivity index (χ1n) is 7.02. The molecule has 1 aliphatic rings. The number of nitrogens with zero attached hydrogens (tertiary/aromatic N) is 1. The van der Waals surface area contributed by atoms with Gasteiger partial charge in [0.15, 0.2) is 0 Å². The zero-order valence-corrected chi connectivity index (χ0v) is 12.8. The van der Waals surface area contributed by atoms with Crippen molar-refractivity contribution in [1.29, 1.82) is 0 Å². The normalized spacial score (nSPS) is 23.5. The maximum Gasteiger partial charge on any atom is 0.416 e. The predicted octanol–water partition coefficient (Wildman–Crippen LogP) is 4.04. The van der Waals surface area contributed by atoms with Gasteiger partial charge in [-0.1, -0.05) is 11.6 Å². The molecule has 3 nitrogen and oxygen atoms in total. The van der Waals surface area contributed by atoms with Crippen LogP contribution >= 0.6 is 11.6 Å². The molecule has 2 rings (SSSR count). The molecule has 0 unspecified atom stereocenters. The zero-order chi connectivity index (χ0) is 16.5. The lowest BCUT2D eigenvalue weighted by Gasteiger charge is -2.37. The molecule has 0 radical (unpaired) electrons. The Morgan fingerprint density at radius 2 is 2.09 bits per heavy atom. The summed E-state index contributed by atoms with van der Waals surface area (Å²) in [5.41, 5.74) is -0.341. The molecule has 0 spiro atoms. The van der Waals surface area contributed by atoms with E-state index >= 15 is 0 Å². The average molecular weight is 336 g/mol. The van der Waals surface area contributed by atoms with Crippen LogP contribution < -0.4 is 0 Å². The molecular weight excluding hydrogens is 319 g/mol. The number of aliphatic carboxylic acids is 1. The fourth-order valence-electron chi connectivity index (χ4n) is 2.91. The van der Waals surface area contributed by atoms with E-state index < -0.39 is 23.6 Å². The molecule has 1 heterocycles. The van der Waals surface area contributed by atoms with Crippen molar-refractivity contribution in [3.8, 4) is 0 Å². The molecule has 2 atom stereocenters. The van der Waals surface area contributed by atoms with E-state index in [2.05, 4.69) is 0 Å². The van der Waals surface area contributed by atoms with Crippen molar-refractivity contribution in [3.63, 3.8) is 0 Å². The lowest BCUT2D eigenvalue weighted by atomic mass is 9.90. The second-order valence-corrected chi connectivity index (χ2v) is 6.08. The summed E-state index contributed by atoms with van der Waals surface area (Å²) in [7, 11) is 0. The molecular formula is C15H17ClF3NO2. The van der Waals surface area contributed by atoms with Gasteiger partial charge < -0.3 is 5.11 Å². The Labute approximate surface area is 131 Å². The van der Waals surface area contributed by atoms with Gasteiger partial charge in [-0.05, 0) is 50.1 Å². The molecule has 1 N–H and O–H groups in total. The Hall–Kier alpha value is -1.27. The first-order valence-corrected chi connectivity index (χ1v) is 7.40. The van der Waals surface area contributed by atoms with Gasteiger partial charge in [-0.25, -0.2) is 0 Å². The van der Waals surface area contributed by atoms with Crippen molar-refractivity contribution >= 4 is 17.6 Å². The Balaban J connectivity index is 2.19. The summed E-state index contributed by atoms with van der Waals surface area (Å²) >= 11 is 5.78. The number of likely N-dealkylation sites (tertiary alicyclic amines) is 1. The highest BCUT2D eigenvalue weighted by Gasteiger charge is 2.34. The van der Waals surface area contributed by atoms with Gasteiger partial charge in [0.1, 0.15) is 0 Å². The summed E-state index contributed by atoms with van der Waals surface area (Å²) in [5, 5.41) is 9.22. The molecule has 122 valence electrons. The van der Waals surface area contributed by atoms with Crippen LogP contribution in [0.3, 0.4) is 0 Å². The van der Waals surface area contributed by atoms with Crippen LogP contribution in [0.5, 0.6) is 0 Å². The summed E-state index contributed by atoms with van der Waals surface area (Å²) in [6.07, 6.45) is -3.14. The fourth-order valence-corrected chi connectivity index (χ4v) is 3.16. The van der Waals surface area contributed by atoms with Crippen LogP contribution in [-0.2, 0) is 17.5 Å².